The fourth-order valence-electron chi connectivity index (χ4n) is 6.92. The number of sulfone groups is 1. The fraction of sp³-hybridized carbons (Fsp3) is 0.600. The molecule has 47 heavy (non-hydrogen) atoms. The summed E-state index contributed by atoms with van der Waals surface area (Å²) in [6.07, 6.45) is -0.927. The standard InChI is InChI=1S/C35H49N3O8S/c1-23(2)32-30(13-16-47(32,42)43)46-34(41)25(17-24-9-7-6-8-10-24)18-27(39)20-38-15-14-37(21-28(38)33(40)36-35(3,4)5)26-11-12-29-31(19-26)45-22-44-29/h6-12,19,23,25,27-28,30,32,39H,13-18,20-22H2,1-5H3,(H,36,40)/t25-,27-,28-,30+,32+/m0/s1. The van der Waals surface area contributed by atoms with Crippen molar-refractivity contribution in [2.24, 2.45) is 11.8 Å². The van der Waals surface area contributed by atoms with Crippen LogP contribution in [0.3, 0.4) is 0 Å². The Morgan fingerprint density at radius 2 is 1.79 bits per heavy atom. The van der Waals surface area contributed by atoms with E-state index < -0.39 is 50.8 Å². The molecule has 1 amide bonds. The Labute approximate surface area is 278 Å². The fourth-order valence-corrected chi connectivity index (χ4v) is 9.24. The molecular formula is C35H49N3O8S. The van der Waals surface area contributed by atoms with Gasteiger partial charge in [-0.3, -0.25) is 14.5 Å². The van der Waals surface area contributed by atoms with E-state index in [0.29, 0.717) is 37.6 Å². The highest BCUT2D eigenvalue weighted by Crippen LogP contribution is 2.36. The molecule has 2 aromatic rings. The van der Waals surface area contributed by atoms with Gasteiger partial charge in [-0.15, -0.1) is 0 Å². The summed E-state index contributed by atoms with van der Waals surface area (Å²) >= 11 is 0. The number of ether oxygens (including phenoxy) is 3. The number of nitrogens with one attached hydrogen (secondary N) is 1. The van der Waals surface area contributed by atoms with Gasteiger partial charge in [0.25, 0.3) is 0 Å². The zero-order chi connectivity index (χ0) is 33.9. The lowest BCUT2D eigenvalue weighted by Crippen LogP contribution is -2.62. The highest BCUT2D eigenvalue weighted by Gasteiger charge is 2.45. The second-order valence-electron chi connectivity index (χ2n) is 14.3. The molecular weight excluding hydrogens is 622 g/mol. The molecule has 258 valence electrons. The molecule has 11 nitrogen and oxygen atoms in total. The van der Waals surface area contributed by atoms with E-state index >= 15 is 0 Å². The number of amides is 1. The summed E-state index contributed by atoms with van der Waals surface area (Å²) in [7, 11) is -3.35. The van der Waals surface area contributed by atoms with Gasteiger partial charge in [0.15, 0.2) is 21.3 Å². The number of aliphatic hydroxyl groups is 1. The number of carbonyl (C=O) groups is 2. The summed E-state index contributed by atoms with van der Waals surface area (Å²) in [5, 5.41) is 13.8. The minimum Gasteiger partial charge on any atom is -0.461 e. The molecule has 2 saturated heterocycles. The van der Waals surface area contributed by atoms with E-state index in [-0.39, 0.29) is 43.8 Å². The zero-order valence-corrected chi connectivity index (χ0v) is 28.9. The van der Waals surface area contributed by atoms with Crippen molar-refractivity contribution in [2.75, 3.05) is 43.6 Å². The molecule has 3 aliphatic rings. The number of piperazine rings is 1. The quantitative estimate of drug-likeness (QED) is 0.343. The van der Waals surface area contributed by atoms with Gasteiger partial charge in [0.1, 0.15) is 17.4 Å². The van der Waals surface area contributed by atoms with Crippen LogP contribution < -0.4 is 19.7 Å². The van der Waals surface area contributed by atoms with Crippen molar-refractivity contribution in [3.05, 3.63) is 54.1 Å². The molecule has 2 aromatic carbocycles. The van der Waals surface area contributed by atoms with Gasteiger partial charge in [0, 0.05) is 43.5 Å². The molecule has 2 N–H and O–H groups in total. The van der Waals surface area contributed by atoms with Crippen LogP contribution in [-0.2, 0) is 30.6 Å². The molecule has 3 heterocycles. The second kappa shape index (κ2) is 14.4. The van der Waals surface area contributed by atoms with E-state index in [1.807, 2.05) is 88.0 Å². The van der Waals surface area contributed by atoms with Crippen molar-refractivity contribution in [2.45, 2.75) is 82.9 Å². The zero-order valence-electron chi connectivity index (χ0n) is 28.1. The molecule has 12 heteroatoms. The Kier molecular flexibility index (Phi) is 10.7. The van der Waals surface area contributed by atoms with Crippen LogP contribution in [0.4, 0.5) is 5.69 Å². The molecule has 0 saturated carbocycles. The third kappa shape index (κ3) is 8.77. The Morgan fingerprint density at radius 1 is 1.06 bits per heavy atom. The number of esters is 1. The van der Waals surface area contributed by atoms with E-state index in [4.69, 9.17) is 14.2 Å². The molecule has 2 fully saturated rings. The first-order valence-electron chi connectivity index (χ1n) is 16.5. The van der Waals surface area contributed by atoms with Crippen molar-refractivity contribution < 1.29 is 37.3 Å². The molecule has 0 aromatic heterocycles. The molecule has 0 aliphatic carbocycles. The van der Waals surface area contributed by atoms with Crippen molar-refractivity contribution in [3.8, 4) is 11.5 Å². The molecule has 5 rings (SSSR count). The lowest BCUT2D eigenvalue weighted by Gasteiger charge is -2.43. The van der Waals surface area contributed by atoms with Gasteiger partial charge in [-0.05, 0) is 63.6 Å². The Bertz CT molecular complexity index is 1510. The third-order valence-corrected chi connectivity index (χ3v) is 11.5. The van der Waals surface area contributed by atoms with Crippen LogP contribution in [0.1, 0.15) is 53.0 Å². The normalized spacial score (nSPS) is 23.8. The van der Waals surface area contributed by atoms with Gasteiger partial charge >= 0.3 is 5.97 Å². The van der Waals surface area contributed by atoms with E-state index in [1.165, 1.54) is 0 Å². The molecule has 0 unspecified atom stereocenters. The van der Waals surface area contributed by atoms with Crippen molar-refractivity contribution in [1.29, 1.82) is 0 Å². The molecule has 5 atom stereocenters. The summed E-state index contributed by atoms with van der Waals surface area (Å²) in [6, 6.07) is 14.7. The van der Waals surface area contributed by atoms with Crippen molar-refractivity contribution in [3.63, 3.8) is 0 Å². The SMILES string of the molecule is CC(C)[C@@H]1[C@H](OC(=O)[C@@H](Cc2ccccc2)C[C@H](O)CN2CCN(c3ccc4c(c3)OCO4)C[C@H]2C(=O)NC(C)(C)C)CCS1(=O)=O. The van der Waals surface area contributed by atoms with Gasteiger partial charge < -0.3 is 29.5 Å². The average molecular weight is 672 g/mol. The Hall–Kier alpha value is -3.35. The Balaban J connectivity index is 1.31. The summed E-state index contributed by atoms with van der Waals surface area (Å²) in [4.78, 5) is 31.5. The number of hydrogen-bond acceptors (Lipinski definition) is 10. The summed E-state index contributed by atoms with van der Waals surface area (Å²) in [5.74, 6) is -0.174. The second-order valence-corrected chi connectivity index (χ2v) is 16.6. The maximum atomic E-state index is 13.7. The topological polar surface area (TPSA) is 135 Å². The van der Waals surface area contributed by atoms with Crippen LogP contribution in [0.5, 0.6) is 11.5 Å². The van der Waals surface area contributed by atoms with E-state index in [0.717, 1.165) is 11.3 Å². The van der Waals surface area contributed by atoms with Crippen LogP contribution >= 0.6 is 0 Å². The first-order chi connectivity index (χ1) is 22.2. The highest BCUT2D eigenvalue weighted by molar-refractivity contribution is 7.92. The number of β-amino-alcohol motifs (C(OH)–C–C–N with tert-alkyl or cyclic N) is 1. The minimum absolute atomic E-state index is 0.00394. The number of carbonyl (C=O) groups excluding carboxylic acids is 2. The van der Waals surface area contributed by atoms with Crippen LogP contribution in [0, 0.1) is 11.8 Å². The van der Waals surface area contributed by atoms with Gasteiger partial charge in [-0.25, -0.2) is 8.42 Å². The number of anilines is 1. The largest absolute Gasteiger partial charge is 0.461 e. The monoisotopic (exact) mass is 671 g/mol. The molecule has 0 spiro atoms. The minimum atomic E-state index is -3.35. The predicted octanol–water partition coefficient (Wildman–Crippen LogP) is 3.19. The van der Waals surface area contributed by atoms with Gasteiger partial charge in [0.05, 0.1) is 17.8 Å². The smallest absolute Gasteiger partial charge is 0.309 e. The average Bonchev–Trinajstić information content (AvgIpc) is 3.59. The number of nitrogens with zero attached hydrogens (tertiary/aromatic N) is 2. The van der Waals surface area contributed by atoms with Crippen LogP contribution in [0.2, 0.25) is 0 Å². The van der Waals surface area contributed by atoms with E-state index in [9.17, 15) is 23.1 Å². The number of hydrogen-bond donors (Lipinski definition) is 2. The summed E-state index contributed by atoms with van der Waals surface area (Å²) in [6.45, 7) is 11.4. The lowest BCUT2D eigenvalue weighted by molar-refractivity contribution is -0.155. The number of fused-ring (bicyclic) bond motifs is 1. The first kappa shape index (κ1) is 35.0. The molecule has 0 radical (unpaired) electrons. The highest BCUT2D eigenvalue weighted by atomic mass is 32.2. The number of rotatable bonds is 11. The predicted molar refractivity (Wildman–Crippen MR) is 179 cm³/mol. The lowest BCUT2D eigenvalue weighted by atomic mass is 9.92. The van der Waals surface area contributed by atoms with Crippen molar-refractivity contribution in [1.82, 2.24) is 10.2 Å². The molecule has 0 bridgehead atoms. The van der Waals surface area contributed by atoms with Crippen LogP contribution in [0.15, 0.2) is 48.5 Å². The molecule has 3 aliphatic heterocycles. The first-order valence-corrected chi connectivity index (χ1v) is 18.3. The maximum absolute atomic E-state index is 13.7. The van der Waals surface area contributed by atoms with Gasteiger partial charge in [-0.2, -0.15) is 0 Å². The third-order valence-electron chi connectivity index (χ3n) is 9.07. The summed E-state index contributed by atoms with van der Waals surface area (Å²) < 4.78 is 42.4. The maximum Gasteiger partial charge on any atom is 0.309 e. The van der Waals surface area contributed by atoms with Crippen molar-refractivity contribution >= 4 is 27.4 Å². The van der Waals surface area contributed by atoms with Crippen LogP contribution in [-0.4, -0.2) is 98.1 Å². The van der Waals surface area contributed by atoms with Crippen LogP contribution in [0.25, 0.3) is 0 Å². The van der Waals surface area contributed by atoms with Gasteiger partial charge in [0.2, 0.25) is 12.7 Å². The Morgan fingerprint density at radius 3 is 2.49 bits per heavy atom. The van der Waals surface area contributed by atoms with E-state index in [1.54, 1.807) is 0 Å². The number of aliphatic hydroxyl groups excluding tert-OH is 1. The number of benzene rings is 2. The summed E-state index contributed by atoms with van der Waals surface area (Å²) in [5.41, 5.74) is 1.39. The van der Waals surface area contributed by atoms with Gasteiger partial charge in [-0.1, -0.05) is 44.2 Å². The van der Waals surface area contributed by atoms with E-state index in [2.05, 4.69) is 10.2 Å².